The molecule has 0 fully saturated rings. The van der Waals surface area contributed by atoms with Gasteiger partial charge in [-0.25, -0.2) is 13.8 Å². The number of fused-ring (bicyclic) bond motifs is 1. The fraction of sp³-hybridized carbons (Fsp3) is 0.136. The van der Waals surface area contributed by atoms with Gasteiger partial charge in [-0.3, -0.25) is 14.2 Å². The third-order valence-electron chi connectivity index (χ3n) is 5.00. The Labute approximate surface area is 174 Å². The maximum Gasteiger partial charge on any atom is 0.336 e. The van der Waals surface area contributed by atoms with Crippen LogP contribution < -0.4 is 16.6 Å². The Bertz CT molecular complexity index is 1380. The summed E-state index contributed by atoms with van der Waals surface area (Å²) in [6.45, 7) is 3.47. The zero-order valence-electron chi connectivity index (χ0n) is 16.3. The molecule has 0 aliphatic heterocycles. The zero-order valence-corrected chi connectivity index (χ0v) is 17.1. The maximum absolute atomic E-state index is 13.3. The fourth-order valence-electron chi connectivity index (χ4n) is 3.31. The van der Waals surface area contributed by atoms with E-state index in [1.807, 2.05) is 19.9 Å². The minimum absolute atomic E-state index is 0.283. The van der Waals surface area contributed by atoms with E-state index >= 15 is 0 Å². The number of nitrogens with zero attached hydrogens (tertiary/aromatic N) is 2. The van der Waals surface area contributed by atoms with Gasteiger partial charge >= 0.3 is 5.69 Å². The molecule has 2 aromatic carbocycles. The summed E-state index contributed by atoms with van der Waals surface area (Å²) >= 11 is 1.22. The minimum Gasteiger partial charge on any atom is -0.325 e. The molecule has 4 rings (SSSR count). The SMILES string of the molecule is Cc1cccc(-n2c(=O)c3sccc3n(CC(=O)Nc3ccc(F)cc3)c2=O)c1C. The highest BCUT2D eigenvalue weighted by molar-refractivity contribution is 7.17. The highest BCUT2D eigenvalue weighted by Gasteiger charge is 2.19. The van der Waals surface area contributed by atoms with Crippen LogP contribution in [0.4, 0.5) is 10.1 Å². The summed E-state index contributed by atoms with van der Waals surface area (Å²) in [4.78, 5) is 38.9. The fourth-order valence-corrected chi connectivity index (χ4v) is 4.13. The van der Waals surface area contributed by atoms with Gasteiger partial charge in [0.25, 0.3) is 5.56 Å². The van der Waals surface area contributed by atoms with Gasteiger partial charge in [0.15, 0.2) is 0 Å². The summed E-state index contributed by atoms with van der Waals surface area (Å²) in [7, 11) is 0. The topological polar surface area (TPSA) is 73.1 Å². The summed E-state index contributed by atoms with van der Waals surface area (Å²) in [5, 5.41) is 4.36. The number of aromatic nitrogens is 2. The van der Waals surface area contributed by atoms with Crippen molar-refractivity contribution in [1.29, 1.82) is 0 Å². The molecular formula is C22H18FN3O3S. The molecule has 2 aromatic heterocycles. The van der Waals surface area contributed by atoms with Crippen LogP contribution in [0.5, 0.6) is 0 Å². The smallest absolute Gasteiger partial charge is 0.325 e. The van der Waals surface area contributed by atoms with Crippen LogP contribution in [0.15, 0.2) is 63.5 Å². The Balaban J connectivity index is 1.82. The molecule has 2 heterocycles. The molecule has 0 bridgehead atoms. The molecule has 0 aliphatic carbocycles. The first-order valence-corrected chi connectivity index (χ1v) is 10.1. The van der Waals surface area contributed by atoms with Gasteiger partial charge in [0.1, 0.15) is 17.1 Å². The van der Waals surface area contributed by atoms with Crippen molar-refractivity contribution in [2.24, 2.45) is 0 Å². The molecule has 152 valence electrons. The first-order valence-electron chi connectivity index (χ1n) is 9.22. The van der Waals surface area contributed by atoms with E-state index < -0.39 is 23.0 Å². The van der Waals surface area contributed by atoms with Crippen LogP contribution in [0.1, 0.15) is 11.1 Å². The number of amides is 1. The number of thiophene rings is 1. The van der Waals surface area contributed by atoms with Gasteiger partial charge in [-0.15, -0.1) is 11.3 Å². The number of anilines is 1. The van der Waals surface area contributed by atoms with E-state index in [0.717, 1.165) is 15.7 Å². The summed E-state index contributed by atoms with van der Waals surface area (Å²) in [6, 6.07) is 12.4. The Kier molecular flexibility index (Phi) is 5.09. The van der Waals surface area contributed by atoms with Crippen molar-refractivity contribution in [2.45, 2.75) is 20.4 Å². The average molecular weight is 423 g/mol. The van der Waals surface area contributed by atoms with E-state index in [1.165, 1.54) is 40.2 Å². The van der Waals surface area contributed by atoms with Crippen LogP contribution >= 0.6 is 11.3 Å². The van der Waals surface area contributed by atoms with Crippen LogP contribution in [0, 0.1) is 19.7 Å². The highest BCUT2D eigenvalue weighted by atomic mass is 32.1. The molecular weight excluding hydrogens is 405 g/mol. The lowest BCUT2D eigenvalue weighted by atomic mass is 10.1. The second-order valence-corrected chi connectivity index (χ2v) is 7.83. The number of hydrogen-bond acceptors (Lipinski definition) is 4. The lowest BCUT2D eigenvalue weighted by molar-refractivity contribution is -0.116. The van der Waals surface area contributed by atoms with Crippen LogP contribution in [0.25, 0.3) is 15.9 Å². The molecule has 1 N–H and O–H groups in total. The molecule has 0 unspecified atom stereocenters. The first kappa shape index (κ1) is 19.8. The van der Waals surface area contributed by atoms with Gasteiger partial charge in [-0.2, -0.15) is 0 Å². The number of carbonyl (C=O) groups is 1. The molecule has 0 radical (unpaired) electrons. The predicted molar refractivity (Wildman–Crippen MR) is 116 cm³/mol. The third-order valence-corrected chi connectivity index (χ3v) is 5.89. The molecule has 1 amide bonds. The Morgan fingerprint density at radius 1 is 1.07 bits per heavy atom. The lowest BCUT2D eigenvalue weighted by Crippen LogP contribution is -2.40. The zero-order chi connectivity index (χ0) is 21.4. The van der Waals surface area contributed by atoms with E-state index in [2.05, 4.69) is 5.32 Å². The van der Waals surface area contributed by atoms with Gasteiger partial charge in [-0.05, 0) is 66.8 Å². The highest BCUT2D eigenvalue weighted by Crippen LogP contribution is 2.19. The normalized spacial score (nSPS) is 11.0. The number of halogens is 1. The van der Waals surface area contributed by atoms with E-state index in [0.29, 0.717) is 21.6 Å². The van der Waals surface area contributed by atoms with Crippen molar-refractivity contribution in [1.82, 2.24) is 9.13 Å². The standard InChI is InChI=1S/C22H18FN3O3S/c1-13-4-3-5-17(14(13)2)26-21(28)20-18(10-11-30-20)25(22(26)29)12-19(27)24-16-8-6-15(23)7-9-16/h3-11H,12H2,1-2H3,(H,24,27). The van der Waals surface area contributed by atoms with Crippen LogP contribution in [-0.2, 0) is 11.3 Å². The number of carbonyl (C=O) groups excluding carboxylic acids is 1. The van der Waals surface area contributed by atoms with E-state index in [-0.39, 0.29) is 6.54 Å². The van der Waals surface area contributed by atoms with E-state index in [1.54, 1.807) is 23.6 Å². The molecule has 30 heavy (non-hydrogen) atoms. The molecule has 4 aromatic rings. The number of nitrogens with one attached hydrogen (secondary N) is 1. The van der Waals surface area contributed by atoms with Gasteiger partial charge < -0.3 is 5.32 Å². The molecule has 6 nitrogen and oxygen atoms in total. The second kappa shape index (κ2) is 7.72. The number of aryl methyl sites for hydroxylation is 1. The van der Waals surface area contributed by atoms with Gasteiger partial charge in [0, 0.05) is 5.69 Å². The summed E-state index contributed by atoms with van der Waals surface area (Å²) < 4.78 is 15.9. The molecule has 0 saturated carbocycles. The second-order valence-electron chi connectivity index (χ2n) is 6.92. The summed E-state index contributed by atoms with van der Waals surface area (Å²) in [5.41, 5.74) is 2.08. The predicted octanol–water partition coefficient (Wildman–Crippen LogP) is 3.61. The monoisotopic (exact) mass is 423 g/mol. The quantitative estimate of drug-likeness (QED) is 0.545. The molecule has 0 saturated heterocycles. The van der Waals surface area contributed by atoms with Crippen LogP contribution in [0.3, 0.4) is 0 Å². The van der Waals surface area contributed by atoms with E-state index in [4.69, 9.17) is 0 Å². The molecule has 0 aliphatic rings. The number of rotatable bonds is 4. The molecule has 0 atom stereocenters. The van der Waals surface area contributed by atoms with Crippen LogP contribution in [0.2, 0.25) is 0 Å². The lowest BCUT2D eigenvalue weighted by Gasteiger charge is -2.14. The Morgan fingerprint density at radius 2 is 1.80 bits per heavy atom. The van der Waals surface area contributed by atoms with Crippen LogP contribution in [-0.4, -0.2) is 15.0 Å². The maximum atomic E-state index is 13.3. The summed E-state index contributed by atoms with van der Waals surface area (Å²) in [6.07, 6.45) is 0. The van der Waals surface area contributed by atoms with Crippen molar-refractivity contribution >= 4 is 33.1 Å². The number of benzene rings is 2. The largest absolute Gasteiger partial charge is 0.336 e. The molecule has 0 spiro atoms. The molecule has 8 heteroatoms. The van der Waals surface area contributed by atoms with Crippen molar-refractivity contribution in [2.75, 3.05) is 5.32 Å². The third kappa shape index (κ3) is 3.46. The van der Waals surface area contributed by atoms with Crippen molar-refractivity contribution < 1.29 is 9.18 Å². The van der Waals surface area contributed by atoms with Gasteiger partial charge in [0.05, 0.1) is 11.2 Å². The Morgan fingerprint density at radius 3 is 2.53 bits per heavy atom. The Hall–Kier alpha value is -3.52. The van der Waals surface area contributed by atoms with Gasteiger partial charge in [0.2, 0.25) is 5.91 Å². The van der Waals surface area contributed by atoms with Crippen molar-refractivity contribution in [3.8, 4) is 5.69 Å². The number of hydrogen-bond donors (Lipinski definition) is 1. The first-order chi connectivity index (χ1) is 14.4. The minimum atomic E-state index is -0.589. The van der Waals surface area contributed by atoms with Crippen molar-refractivity contribution in [3.05, 3.63) is 91.7 Å². The van der Waals surface area contributed by atoms with Gasteiger partial charge in [-0.1, -0.05) is 12.1 Å². The summed E-state index contributed by atoms with van der Waals surface area (Å²) in [5.74, 6) is -0.868. The van der Waals surface area contributed by atoms with E-state index in [9.17, 15) is 18.8 Å². The average Bonchev–Trinajstić information content (AvgIpc) is 3.20. The van der Waals surface area contributed by atoms with Crippen molar-refractivity contribution in [3.63, 3.8) is 0 Å².